The van der Waals surface area contributed by atoms with Crippen LogP contribution in [-0.4, -0.2) is 9.13 Å². The van der Waals surface area contributed by atoms with Gasteiger partial charge in [-0.25, -0.2) is 9.18 Å². The lowest BCUT2D eigenvalue weighted by Gasteiger charge is -2.11. The number of anilines is 1. The molecule has 0 fully saturated rings. The van der Waals surface area contributed by atoms with Gasteiger partial charge in [0, 0.05) is 17.2 Å². The number of nitrogens with zero attached hydrogens (tertiary/aromatic N) is 2. The van der Waals surface area contributed by atoms with Crippen molar-refractivity contribution in [3.63, 3.8) is 0 Å². The summed E-state index contributed by atoms with van der Waals surface area (Å²) in [4.78, 5) is 24.1. The highest BCUT2D eigenvalue weighted by molar-refractivity contribution is 9.10. The van der Waals surface area contributed by atoms with Gasteiger partial charge in [-0.1, -0.05) is 15.9 Å². The maximum atomic E-state index is 13.3. The fraction of sp³-hybridized carbons (Fsp3) is 0.231. The number of halogens is 2. The van der Waals surface area contributed by atoms with Crippen molar-refractivity contribution in [2.45, 2.75) is 20.0 Å². The van der Waals surface area contributed by atoms with Crippen molar-refractivity contribution < 1.29 is 4.39 Å². The lowest BCUT2D eigenvalue weighted by molar-refractivity contribution is 0.594. The maximum Gasteiger partial charge on any atom is 0.331 e. The quantitative estimate of drug-likeness (QED) is 0.920. The Morgan fingerprint density at radius 2 is 2.05 bits per heavy atom. The van der Waals surface area contributed by atoms with Crippen molar-refractivity contribution in [3.05, 3.63) is 61.1 Å². The summed E-state index contributed by atoms with van der Waals surface area (Å²) in [6, 6.07) is 4.09. The lowest BCUT2D eigenvalue weighted by Crippen LogP contribution is -2.40. The standard InChI is InChI=1S/C13H13BrFN3O2/c1-2-17-7-11(16)12(19)18(13(17)20)6-8-5-9(15)3-4-10(8)14/h3-5,7H,2,6,16H2,1H3. The molecule has 2 rings (SSSR count). The summed E-state index contributed by atoms with van der Waals surface area (Å²) in [6.07, 6.45) is 1.32. The van der Waals surface area contributed by atoms with Gasteiger partial charge in [-0.3, -0.25) is 13.9 Å². The van der Waals surface area contributed by atoms with Gasteiger partial charge >= 0.3 is 5.69 Å². The summed E-state index contributed by atoms with van der Waals surface area (Å²) in [5.41, 5.74) is 5.05. The van der Waals surface area contributed by atoms with E-state index in [1.54, 1.807) is 6.92 Å². The molecule has 0 atom stereocenters. The molecule has 20 heavy (non-hydrogen) atoms. The van der Waals surface area contributed by atoms with Crippen molar-refractivity contribution in [1.82, 2.24) is 9.13 Å². The van der Waals surface area contributed by atoms with Gasteiger partial charge in [0.25, 0.3) is 5.56 Å². The molecule has 106 valence electrons. The van der Waals surface area contributed by atoms with E-state index in [-0.39, 0.29) is 12.2 Å². The molecule has 0 aliphatic heterocycles. The number of aryl methyl sites for hydroxylation is 1. The molecular weight excluding hydrogens is 329 g/mol. The van der Waals surface area contributed by atoms with Crippen molar-refractivity contribution in [3.8, 4) is 0 Å². The first-order valence-electron chi connectivity index (χ1n) is 5.97. The van der Waals surface area contributed by atoms with Crippen molar-refractivity contribution in [2.75, 3.05) is 5.73 Å². The van der Waals surface area contributed by atoms with Crippen LogP contribution in [0.15, 0.2) is 38.5 Å². The normalized spacial score (nSPS) is 10.8. The van der Waals surface area contributed by atoms with Crippen LogP contribution < -0.4 is 17.0 Å². The first kappa shape index (κ1) is 14.5. The van der Waals surface area contributed by atoms with E-state index < -0.39 is 17.1 Å². The zero-order valence-corrected chi connectivity index (χ0v) is 12.4. The van der Waals surface area contributed by atoms with Crippen LogP contribution in [0.2, 0.25) is 0 Å². The Morgan fingerprint density at radius 3 is 2.70 bits per heavy atom. The van der Waals surface area contributed by atoms with Gasteiger partial charge in [0.15, 0.2) is 0 Å². The van der Waals surface area contributed by atoms with Crippen molar-refractivity contribution >= 4 is 21.6 Å². The van der Waals surface area contributed by atoms with Gasteiger partial charge in [-0.05, 0) is 30.7 Å². The third kappa shape index (κ3) is 2.67. The third-order valence-corrected chi connectivity index (χ3v) is 3.71. The number of benzene rings is 1. The molecule has 5 nitrogen and oxygen atoms in total. The minimum Gasteiger partial charge on any atom is -0.393 e. The molecule has 1 aromatic heterocycles. The SMILES string of the molecule is CCn1cc(N)c(=O)n(Cc2cc(F)ccc2Br)c1=O. The second kappa shape index (κ2) is 5.62. The van der Waals surface area contributed by atoms with Crippen LogP contribution >= 0.6 is 15.9 Å². The fourth-order valence-corrected chi connectivity index (χ4v) is 2.25. The zero-order chi connectivity index (χ0) is 14.9. The van der Waals surface area contributed by atoms with E-state index >= 15 is 0 Å². The predicted octanol–water partition coefficient (Wildman–Crippen LogP) is 1.56. The van der Waals surface area contributed by atoms with Crippen molar-refractivity contribution in [1.29, 1.82) is 0 Å². The van der Waals surface area contributed by atoms with Crippen LogP contribution in [0, 0.1) is 5.82 Å². The molecule has 1 aromatic carbocycles. The van der Waals surface area contributed by atoms with E-state index in [2.05, 4.69) is 15.9 Å². The van der Waals surface area contributed by atoms with Crippen LogP contribution in [-0.2, 0) is 13.1 Å². The summed E-state index contributed by atoms with van der Waals surface area (Å²) >= 11 is 3.27. The van der Waals surface area contributed by atoms with Gasteiger partial charge in [0.1, 0.15) is 11.5 Å². The number of hydrogen-bond acceptors (Lipinski definition) is 3. The van der Waals surface area contributed by atoms with Crippen LogP contribution in [0.25, 0.3) is 0 Å². The molecule has 0 saturated carbocycles. The number of rotatable bonds is 3. The Bertz CT molecular complexity index is 767. The van der Waals surface area contributed by atoms with E-state index in [1.165, 1.54) is 29.0 Å². The van der Waals surface area contributed by atoms with Gasteiger partial charge in [0.05, 0.1) is 6.54 Å². The smallest absolute Gasteiger partial charge is 0.331 e. The predicted molar refractivity (Wildman–Crippen MR) is 78.3 cm³/mol. The first-order valence-corrected chi connectivity index (χ1v) is 6.77. The summed E-state index contributed by atoms with van der Waals surface area (Å²) in [7, 11) is 0. The number of nitrogen functional groups attached to an aromatic ring is 1. The molecule has 0 radical (unpaired) electrons. The van der Waals surface area contributed by atoms with Crippen LogP contribution in [0.5, 0.6) is 0 Å². The lowest BCUT2D eigenvalue weighted by atomic mass is 10.2. The summed E-state index contributed by atoms with van der Waals surface area (Å²) in [5, 5.41) is 0. The highest BCUT2D eigenvalue weighted by atomic mass is 79.9. The second-order valence-electron chi connectivity index (χ2n) is 4.28. The van der Waals surface area contributed by atoms with E-state index in [0.29, 0.717) is 16.6 Å². The molecule has 0 amide bonds. The topological polar surface area (TPSA) is 70.0 Å². The average Bonchev–Trinajstić information content (AvgIpc) is 2.42. The summed E-state index contributed by atoms with van der Waals surface area (Å²) in [5.74, 6) is -0.434. The molecule has 0 spiro atoms. The van der Waals surface area contributed by atoms with E-state index in [9.17, 15) is 14.0 Å². The monoisotopic (exact) mass is 341 g/mol. The number of hydrogen-bond donors (Lipinski definition) is 1. The Morgan fingerprint density at radius 1 is 1.35 bits per heavy atom. The van der Waals surface area contributed by atoms with Crippen LogP contribution in [0.1, 0.15) is 12.5 Å². The van der Waals surface area contributed by atoms with Gasteiger partial charge in [0.2, 0.25) is 0 Å². The van der Waals surface area contributed by atoms with Gasteiger partial charge in [-0.15, -0.1) is 0 Å². The van der Waals surface area contributed by atoms with E-state index in [4.69, 9.17) is 5.73 Å². The van der Waals surface area contributed by atoms with Crippen LogP contribution in [0.3, 0.4) is 0 Å². The number of nitrogens with two attached hydrogens (primary N) is 1. The Balaban J connectivity index is 2.59. The van der Waals surface area contributed by atoms with Gasteiger partial charge in [-0.2, -0.15) is 0 Å². The minimum absolute atomic E-state index is 0.0148. The summed E-state index contributed by atoms with van der Waals surface area (Å²) < 4.78 is 16.2. The third-order valence-electron chi connectivity index (χ3n) is 2.94. The van der Waals surface area contributed by atoms with Crippen molar-refractivity contribution in [2.24, 2.45) is 0 Å². The minimum atomic E-state index is -0.573. The molecule has 0 unspecified atom stereocenters. The molecule has 0 bridgehead atoms. The zero-order valence-electron chi connectivity index (χ0n) is 10.8. The van der Waals surface area contributed by atoms with E-state index in [0.717, 1.165) is 4.57 Å². The van der Waals surface area contributed by atoms with Gasteiger partial charge < -0.3 is 5.73 Å². The Labute approximate surface area is 122 Å². The molecule has 0 aliphatic carbocycles. The van der Waals surface area contributed by atoms with E-state index in [1.807, 2.05) is 0 Å². The fourth-order valence-electron chi connectivity index (χ4n) is 1.88. The first-order chi connectivity index (χ1) is 9.43. The summed E-state index contributed by atoms with van der Waals surface area (Å²) in [6.45, 7) is 2.13. The maximum absolute atomic E-state index is 13.3. The molecule has 1 heterocycles. The molecule has 7 heteroatoms. The number of aromatic nitrogens is 2. The highest BCUT2D eigenvalue weighted by Gasteiger charge is 2.11. The molecule has 0 aliphatic rings. The molecule has 2 N–H and O–H groups in total. The van der Waals surface area contributed by atoms with Crippen LogP contribution in [0.4, 0.5) is 10.1 Å². The Kier molecular flexibility index (Phi) is 4.08. The Hall–Kier alpha value is -1.89. The molecule has 2 aromatic rings. The average molecular weight is 342 g/mol. The molecule has 0 saturated heterocycles. The second-order valence-corrected chi connectivity index (χ2v) is 5.13. The highest BCUT2D eigenvalue weighted by Crippen LogP contribution is 2.18. The molecular formula is C13H13BrFN3O2. The largest absolute Gasteiger partial charge is 0.393 e.